The first kappa shape index (κ1) is 13.3. The molecule has 1 heterocycles. The van der Waals surface area contributed by atoms with Gasteiger partial charge in [0.05, 0.1) is 13.0 Å². The van der Waals surface area contributed by atoms with Gasteiger partial charge in [0.25, 0.3) is 0 Å². The number of nitrogens with one attached hydrogen (secondary N) is 1. The van der Waals surface area contributed by atoms with Crippen molar-refractivity contribution in [2.45, 2.75) is 6.42 Å². The minimum Gasteiger partial charge on any atom is -0.493 e. The van der Waals surface area contributed by atoms with Crippen LogP contribution >= 0.6 is 11.6 Å². The molecule has 6 heteroatoms. The lowest BCUT2D eigenvalue weighted by Gasteiger charge is -2.06. The third-order valence-corrected chi connectivity index (χ3v) is 2.42. The fourth-order valence-electron chi connectivity index (χ4n) is 1.36. The molecule has 0 radical (unpaired) electrons. The number of aromatic nitrogens is 2. The Morgan fingerprint density at radius 2 is 2.05 bits per heavy atom. The maximum atomic E-state index is 11.6. The van der Waals surface area contributed by atoms with Gasteiger partial charge < -0.3 is 4.74 Å². The molecule has 1 N–H and O–H groups in total. The van der Waals surface area contributed by atoms with E-state index >= 15 is 0 Å². The Hall–Kier alpha value is -2.14. The Bertz CT molecular complexity index is 549. The highest BCUT2D eigenvalue weighted by Gasteiger charge is 2.05. The first-order valence-corrected chi connectivity index (χ1v) is 6.08. The molecular weight excluding hydrogens is 266 g/mol. The van der Waals surface area contributed by atoms with E-state index < -0.39 is 0 Å². The number of hydrogen-bond acceptors (Lipinski definition) is 4. The first-order valence-electron chi connectivity index (χ1n) is 5.70. The van der Waals surface area contributed by atoms with Gasteiger partial charge in [-0.05, 0) is 18.2 Å². The third kappa shape index (κ3) is 4.56. The third-order valence-electron chi connectivity index (χ3n) is 2.21. The molecule has 0 bridgehead atoms. The van der Waals surface area contributed by atoms with Crippen LogP contribution in [-0.2, 0) is 4.79 Å². The molecule has 0 fully saturated rings. The highest BCUT2D eigenvalue weighted by atomic mass is 35.5. The number of nitrogens with zero attached hydrogens (tertiary/aromatic N) is 2. The normalized spacial score (nSPS) is 9.95. The molecule has 0 aliphatic rings. The molecule has 1 amide bonds. The summed E-state index contributed by atoms with van der Waals surface area (Å²) < 4.78 is 5.41. The maximum absolute atomic E-state index is 11.6. The van der Waals surface area contributed by atoms with Gasteiger partial charge in [-0.3, -0.25) is 10.1 Å². The molecule has 0 aliphatic carbocycles. The van der Waals surface area contributed by atoms with E-state index in [1.54, 1.807) is 0 Å². The Labute approximate surface area is 115 Å². The SMILES string of the molecule is O=C(CCOc1ccccc1)Nc1nccc(Cl)n1. The van der Waals surface area contributed by atoms with Crippen LogP contribution in [0.15, 0.2) is 42.6 Å². The highest BCUT2D eigenvalue weighted by molar-refractivity contribution is 6.29. The second-order valence-electron chi connectivity index (χ2n) is 3.66. The second kappa shape index (κ2) is 6.70. The number of benzene rings is 1. The zero-order chi connectivity index (χ0) is 13.5. The van der Waals surface area contributed by atoms with Crippen LogP contribution < -0.4 is 10.1 Å². The Morgan fingerprint density at radius 3 is 2.79 bits per heavy atom. The van der Waals surface area contributed by atoms with Crippen LogP contribution in [0.1, 0.15) is 6.42 Å². The molecule has 0 unspecified atom stereocenters. The molecule has 5 nitrogen and oxygen atoms in total. The Balaban J connectivity index is 1.76. The minimum atomic E-state index is -0.224. The monoisotopic (exact) mass is 277 g/mol. The van der Waals surface area contributed by atoms with Crippen LogP contribution in [0, 0.1) is 0 Å². The van der Waals surface area contributed by atoms with Crippen molar-refractivity contribution in [1.29, 1.82) is 0 Å². The predicted octanol–water partition coefficient (Wildman–Crippen LogP) is 2.54. The number of rotatable bonds is 5. The zero-order valence-corrected chi connectivity index (χ0v) is 10.8. The van der Waals surface area contributed by atoms with Gasteiger partial charge in [-0.2, -0.15) is 0 Å². The van der Waals surface area contributed by atoms with Crippen LogP contribution in [0.2, 0.25) is 5.15 Å². The number of ether oxygens (including phenoxy) is 1. The van der Waals surface area contributed by atoms with Crippen LogP contribution in [0.25, 0.3) is 0 Å². The summed E-state index contributed by atoms with van der Waals surface area (Å²) in [5, 5.41) is 2.83. The van der Waals surface area contributed by atoms with E-state index in [9.17, 15) is 4.79 Å². The van der Waals surface area contributed by atoms with Crippen LogP contribution in [0.3, 0.4) is 0 Å². The molecule has 0 atom stereocenters. The number of amides is 1. The van der Waals surface area contributed by atoms with E-state index in [1.807, 2.05) is 30.3 Å². The van der Waals surface area contributed by atoms with Crippen LogP contribution in [-0.4, -0.2) is 22.5 Å². The van der Waals surface area contributed by atoms with Gasteiger partial charge in [-0.25, -0.2) is 9.97 Å². The van der Waals surface area contributed by atoms with E-state index in [-0.39, 0.29) is 30.0 Å². The number of halogens is 1. The standard InChI is InChI=1S/C13H12ClN3O2/c14-11-6-8-15-13(16-11)17-12(18)7-9-19-10-4-2-1-3-5-10/h1-6,8H,7,9H2,(H,15,16,17,18). The first-order chi connectivity index (χ1) is 9.24. The van der Waals surface area contributed by atoms with E-state index in [1.165, 1.54) is 12.3 Å². The van der Waals surface area contributed by atoms with Crippen LogP contribution in [0.4, 0.5) is 5.95 Å². The molecule has 2 rings (SSSR count). The topological polar surface area (TPSA) is 64.1 Å². The zero-order valence-electron chi connectivity index (χ0n) is 10.0. The van der Waals surface area contributed by atoms with Gasteiger partial charge in [0.2, 0.25) is 11.9 Å². The average molecular weight is 278 g/mol. The van der Waals surface area contributed by atoms with E-state index in [0.29, 0.717) is 0 Å². The molecule has 0 saturated carbocycles. The number of carbonyl (C=O) groups excluding carboxylic acids is 1. The van der Waals surface area contributed by atoms with Crippen molar-refractivity contribution in [3.05, 3.63) is 47.7 Å². The summed E-state index contributed by atoms with van der Waals surface area (Å²) in [6, 6.07) is 10.8. The minimum absolute atomic E-state index is 0.192. The molecule has 1 aromatic carbocycles. The molecule has 1 aromatic heterocycles. The van der Waals surface area contributed by atoms with E-state index in [0.717, 1.165) is 5.75 Å². The fourth-order valence-corrected chi connectivity index (χ4v) is 1.50. The van der Waals surface area contributed by atoms with Gasteiger partial charge in [-0.15, -0.1) is 0 Å². The van der Waals surface area contributed by atoms with Crippen LogP contribution in [0.5, 0.6) is 5.75 Å². The quantitative estimate of drug-likeness (QED) is 0.853. The second-order valence-corrected chi connectivity index (χ2v) is 4.05. The van der Waals surface area contributed by atoms with E-state index in [2.05, 4.69) is 15.3 Å². The van der Waals surface area contributed by atoms with Crippen molar-refractivity contribution in [3.8, 4) is 5.75 Å². The summed E-state index contributed by atoms with van der Waals surface area (Å²) in [5.74, 6) is 0.699. The largest absolute Gasteiger partial charge is 0.493 e. The van der Waals surface area contributed by atoms with Gasteiger partial charge >= 0.3 is 0 Å². The molecule has 0 saturated heterocycles. The summed E-state index contributed by atoms with van der Waals surface area (Å²) in [6.07, 6.45) is 1.69. The van der Waals surface area contributed by atoms with Gasteiger partial charge in [-0.1, -0.05) is 29.8 Å². The molecular formula is C13H12ClN3O2. The van der Waals surface area contributed by atoms with Crippen molar-refractivity contribution in [3.63, 3.8) is 0 Å². The van der Waals surface area contributed by atoms with Crippen molar-refractivity contribution in [2.75, 3.05) is 11.9 Å². The lowest BCUT2D eigenvalue weighted by molar-refractivity contribution is -0.116. The molecule has 0 spiro atoms. The predicted molar refractivity (Wildman–Crippen MR) is 72.2 cm³/mol. The number of anilines is 1. The molecule has 2 aromatic rings. The van der Waals surface area contributed by atoms with Crippen molar-refractivity contribution in [2.24, 2.45) is 0 Å². The summed E-state index contributed by atoms with van der Waals surface area (Å²) in [5.41, 5.74) is 0. The molecule has 98 valence electrons. The van der Waals surface area contributed by atoms with Gasteiger partial charge in [0.15, 0.2) is 0 Å². The lowest BCUT2D eigenvalue weighted by atomic mass is 10.3. The summed E-state index contributed by atoms with van der Waals surface area (Å²) in [7, 11) is 0. The Morgan fingerprint density at radius 1 is 1.26 bits per heavy atom. The molecule has 19 heavy (non-hydrogen) atoms. The highest BCUT2D eigenvalue weighted by Crippen LogP contribution is 2.09. The summed E-state index contributed by atoms with van der Waals surface area (Å²) in [6.45, 7) is 0.288. The van der Waals surface area contributed by atoms with Crippen molar-refractivity contribution >= 4 is 23.5 Å². The Kier molecular flexibility index (Phi) is 4.69. The fraction of sp³-hybridized carbons (Fsp3) is 0.154. The average Bonchev–Trinajstić information content (AvgIpc) is 2.40. The summed E-state index contributed by atoms with van der Waals surface area (Å²) in [4.78, 5) is 19.3. The van der Waals surface area contributed by atoms with Gasteiger partial charge in [0, 0.05) is 6.20 Å². The smallest absolute Gasteiger partial charge is 0.230 e. The number of para-hydroxylation sites is 1. The van der Waals surface area contributed by atoms with Gasteiger partial charge in [0.1, 0.15) is 10.9 Å². The maximum Gasteiger partial charge on any atom is 0.230 e. The van der Waals surface area contributed by atoms with Crippen molar-refractivity contribution in [1.82, 2.24) is 9.97 Å². The lowest BCUT2D eigenvalue weighted by Crippen LogP contribution is -2.16. The molecule has 0 aliphatic heterocycles. The number of carbonyl (C=O) groups is 1. The van der Waals surface area contributed by atoms with Crippen molar-refractivity contribution < 1.29 is 9.53 Å². The van der Waals surface area contributed by atoms with E-state index in [4.69, 9.17) is 16.3 Å². The summed E-state index contributed by atoms with van der Waals surface area (Å²) >= 11 is 5.69. The number of hydrogen-bond donors (Lipinski definition) is 1.